The maximum absolute atomic E-state index is 11.4. The molecule has 6 nitrogen and oxygen atoms in total. The summed E-state index contributed by atoms with van der Waals surface area (Å²) in [4.78, 5) is 13.5. The van der Waals surface area contributed by atoms with E-state index in [4.69, 9.17) is 18.9 Å². The molecule has 0 heterocycles. The minimum absolute atomic E-state index is 0.238. The average molecular weight is 305 g/mol. The SMILES string of the molecule is CN(C)CCOCCOCCOCCC(=O)OC(C)(C)C. The van der Waals surface area contributed by atoms with Crippen molar-refractivity contribution in [1.82, 2.24) is 4.90 Å². The van der Waals surface area contributed by atoms with Gasteiger partial charge in [-0.15, -0.1) is 0 Å². The van der Waals surface area contributed by atoms with Gasteiger partial charge < -0.3 is 23.8 Å². The van der Waals surface area contributed by atoms with E-state index in [0.717, 1.165) is 6.54 Å². The summed E-state index contributed by atoms with van der Waals surface area (Å²) < 4.78 is 21.2. The fraction of sp³-hybridized carbons (Fsp3) is 0.933. The van der Waals surface area contributed by atoms with E-state index in [0.29, 0.717) is 39.6 Å². The number of esters is 1. The van der Waals surface area contributed by atoms with Crippen molar-refractivity contribution >= 4 is 5.97 Å². The Hall–Kier alpha value is -0.690. The summed E-state index contributed by atoms with van der Waals surface area (Å²) in [6.45, 7) is 9.65. The van der Waals surface area contributed by atoms with E-state index in [-0.39, 0.29) is 12.4 Å². The average Bonchev–Trinajstić information content (AvgIpc) is 2.33. The third kappa shape index (κ3) is 17.3. The van der Waals surface area contributed by atoms with Gasteiger partial charge in [0.1, 0.15) is 5.60 Å². The van der Waals surface area contributed by atoms with Crippen LogP contribution in [0, 0.1) is 0 Å². The number of ether oxygens (including phenoxy) is 4. The molecule has 6 heteroatoms. The van der Waals surface area contributed by atoms with Gasteiger partial charge in [0.2, 0.25) is 0 Å². The summed E-state index contributed by atoms with van der Waals surface area (Å²) in [5, 5.41) is 0. The maximum Gasteiger partial charge on any atom is 0.308 e. The van der Waals surface area contributed by atoms with Crippen LogP contribution in [0.3, 0.4) is 0 Å². The zero-order valence-electron chi connectivity index (χ0n) is 14.1. The number of rotatable bonds is 12. The molecule has 0 rings (SSSR count). The molecule has 126 valence electrons. The van der Waals surface area contributed by atoms with Crippen molar-refractivity contribution in [3.8, 4) is 0 Å². The van der Waals surface area contributed by atoms with Gasteiger partial charge >= 0.3 is 5.97 Å². The first-order valence-corrected chi connectivity index (χ1v) is 7.41. The number of hydrogen-bond donors (Lipinski definition) is 0. The van der Waals surface area contributed by atoms with E-state index >= 15 is 0 Å². The Labute approximate surface area is 128 Å². The molecule has 0 aliphatic heterocycles. The molecule has 0 unspecified atom stereocenters. The lowest BCUT2D eigenvalue weighted by Gasteiger charge is -2.19. The maximum atomic E-state index is 11.4. The molecule has 0 atom stereocenters. The first kappa shape index (κ1) is 20.3. The van der Waals surface area contributed by atoms with Crippen molar-refractivity contribution in [2.45, 2.75) is 32.8 Å². The number of carbonyl (C=O) groups is 1. The lowest BCUT2D eigenvalue weighted by atomic mass is 10.2. The fourth-order valence-corrected chi connectivity index (χ4v) is 1.34. The summed E-state index contributed by atoms with van der Waals surface area (Å²) in [7, 11) is 4.02. The second kappa shape index (κ2) is 11.9. The Morgan fingerprint density at radius 1 is 0.857 bits per heavy atom. The summed E-state index contributed by atoms with van der Waals surface area (Å²) in [5.74, 6) is -0.238. The van der Waals surface area contributed by atoms with Gasteiger partial charge in [-0.1, -0.05) is 0 Å². The molecule has 21 heavy (non-hydrogen) atoms. The Morgan fingerprint density at radius 3 is 1.81 bits per heavy atom. The van der Waals surface area contributed by atoms with Gasteiger partial charge in [0.05, 0.1) is 46.1 Å². The lowest BCUT2D eigenvalue weighted by molar-refractivity contribution is -0.156. The molecule has 0 amide bonds. The van der Waals surface area contributed by atoms with Crippen LogP contribution in [0.4, 0.5) is 0 Å². The highest BCUT2D eigenvalue weighted by molar-refractivity contribution is 5.69. The van der Waals surface area contributed by atoms with Gasteiger partial charge in [-0.3, -0.25) is 4.79 Å². The molecule has 0 saturated heterocycles. The first-order valence-electron chi connectivity index (χ1n) is 7.41. The quantitative estimate of drug-likeness (QED) is 0.400. The van der Waals surface area contributed by atoms with Crippen molar-refractivity contribution in [3.63, 3.8) is 0 Å². The summed E-state index contributed by atoms with van der Waals surface area (Å²) >= 11 is 0. The van der Waals surface area contributed by atoms with Crippen LogP contribution < -0.4 is 0 Å². The monoisotopic (exact) mass is 305 g/mol. The van der Waals surface area contributed by atoms with Crippen LogP contribution in [0.25, 0.3) is 0 Å². The zero-order chi connectivity index (χ0) is 16.1. The van der Waals surface area contributed by atoms with Crippen molar-refractivity contribution in [1.29, 1.82) is 0 Å². The minimum atomic E-state index is -0.438. The van der Waals surface area contributed by atoms with Crippen LogP contribution in [0.15, 0.2) is 0 Å². The molecule has 0 N–H and O–H groups in total. The fourth-order valence-electron chi connectivity index (χ4n) is 1.34. The lowest BCUT2D eigenvalue weighted by Crippen LogP contribution is -2.24. The van der Waals surface area contributed by atoms with Crippen molar-refractivity contribution in [3.05, 3.63) is 0 Å². The van der Waals surface area contributed by atoms with Gasteiger partial charge in [0.15, 0.2) is 0 Å². The van der Waals surface area contributed by atoms with E-state index in [2.05, 4.69) is 4.90 Å². The molecule has 0 aromatic heterocycles. The summed E-state index contributed by atoms with van der Waals surface area (Å²) in [6.07, 6.45) is 0.269. The van der Waals surface area contributed by atoms with E-state index in [1.165, 1.54) is 0 Å². The topological polar surface area (TPSA) is 57.2 Å². The van der Waals surface area contributed by atoms with Crippen molar-refractivity contribution in [2.24, 2.45) is 0 Å². The van der Waals surface area contributed by atoms with E-state index in [9.17, 15) is 4.79 Å². The molecule has 0 aromatic rings. The molecular weight excluding hydrogens is 274 g/mol. The van der Waals surface area contributed by atoms with E-state index in [1.807, 2.05) is 34.9 Å². The molecular formula is C15H31NO5. The molecule has 0 saturated carbocycles. The molecule has 0 aromatic carbocycles. The summed E-state index contributed by atoms with van der Waals surface area (Å²) in [5.41, 5.74) is -0.438. The second-order valence-corrected chi connectivity index (χ2v) is 5.98. The summed E-state index contributed by atoms with van der Waals surface area (Å²) in [6, 6.07) is 0. The highest BCUT2D eigenvalue weighted by Gasteiger charge is 2.15. The van der Waals surface area contributed by atoms with Crippen molar-refractivity contribution in [2.75, 3.05) is 60.3 Å². The van der Waals surface area contributed by atoms with Crippen LogP contribution in [0.5, 0.6) is 0 Å². The largest absolute Gasteiger partial charge is 0.460 e. The number of likely N-dealkylation sites (N-methyl/N-ethyl adjacent to an activating group) is 1. The third-order valence-electron chi connectivity index (χ3n) is 2.30. The van der Waals surface area contributed by atoms with Gasteiger partial charge in [-0.25, -0.2) is 0 Å². The standard InChI is InChI=1S/C15H31NO5/c1-15(2,3)21-14(17)6-8-18-10-12-20-13-11-19-9-7-16(4)5/h6-13H2,1-5H3. The van der Waals surface area contributed by atoms with Crippen LogP contribution >= 0.6 is 0 Å². The number of carbonyl (C=O) groups excluding carboxylic acids is 1. The van der Waals surface area contributed by atoms with E-state index < -0.39 is 5.60 Å². The molecule has 0 spiro atoms. The van der Waals surface area contributed by atoms with Crippen LogP contribution in [0.1, 0.15) is 27.2 Å². The van der Waals surface area contributed by atoms with Crippen LogP contribution in [-0.4, -0.2) is 76.8 Å². The molecule has 0 aliphatic carbocycles. The molecule has 0 aliphatic rings. The van der Waals surface area contributed by atoms with Crippen LogP contribution in [0.2, 0.25) is 0 Å². The molecule has 0 radical (unpaired) electrons. The van der Waals surface area contributed by atoms with Crippen LogP contribution in [-0.2, 0) is 23.7 Å². The van der Waals surface area contributed by atoms with Crippen molar-refractivity contribution < 1.29 is 23.7 Å². The van der Waals surface area contributed by atoms with Gasteiger partial charge in [0.25, 0.3) is 0 Å². The van der Waals surface area contributed by atoms with Gasteiger partial charge in [-0.2, -0.15) is 0 Å². The normalized spacial score (nSPS) is 11.9. The van der Waals surface area contributed by atoms with E-state index in [1.54, 1.807) is 0 Å². The predicted octanol–water partition coefficient (Wildman–Crippen LogP) is 1.33. The Balaban J connectivity index is 3.21. The Kier molecular flexibility index (Phi) is 11.5. The second-order valence-electron chi connectivity index (χ2n) is 5.98. The highest BCUT2D eigenvalue weighted by Crippen LogP contribution is 2.07. The van der Waals surface area contributed by atoms with Gasteiger partial charge in [0, 0.05) is 6.54 Å². The Bertz CT molecular complexity index is 263. The molecule has 0 bridgehead atoms. The highest BCUT2D eigenvalue weighted by atomic mass is 16.6. The predicted molar refractivity (Wildman–Crippen MR) is 81.5 cm³/mol. The third-order valence-corrected chi connectivity index (χ3v) is 2.30. The first-order chi connectivity index (χ1) is 9.81. The Morgan fingerprint density at radius 2 is 1.33 bits per heavy atom. The minimum Gasteiger partial charge on any atom is -0.460 e. The van der Waals surface area contributed by atoms with Gasteiger partial charge in [-0.05, 0) is 34.9 Å². The number of hydrogen-bond acceptors (Lipinski definition) is 6. The smallest absolute Gasteiger partial charge is 0.308 e. The molecule has 0 fully saturated rings. The number of nitrogens with zero attached hydrogens (tertiary/aromatic N) is 1. The zero-order valence-corrected chi connectivity index (χ0v) is 14.1.